The van der Waals surface area contributed by atoms with Gasteiger partial charge in [-0.15, -0.1) is 0 Å². The zero-order valence-corrected chi connectivity index (χ0v) is 9.96. The molecule has 0 saturated carbocycles. The molecule has 0 fully saturated rings. The standard InChI is InChI=1S/C11H15ClN2O2/c1-2-3-6-13-11(15)8-16-9-4-5-10(12)14-7-9/h4-5,7H,2-3,6,8H2,1H3,(H,13,15). The summed E-state index contributed by atoms with van der Waals surface area (Å²) < 4.78 is 5.22. The van der Waals surface area contributed by atoms with Crippen LogP contribution in [0.2, 0.25) is 5.15 Å². The lowest BCUT2D eigenvalue weighted by atomic mass is 10.3. The van der Waals surface area contributed by atoms with Crippen LogP contribution in [0.25, 0.3) is 0 Å². The van der Waals surface area contributed by atoms with Crippen LogP contribution in [0.3, 0.4) is 0 Å². The lowest BCUT2D eigenvalue weighted by Gasteiger charge is -2.06. The second-order valence-electron chi connectivity index (χ2n) is 3.31. The van der Waals surface area contributed by atoms with Crippen molar-refractivity contribution in [2.24, 2.45) is 0 Å². The smallest absolute Gasteiger partial charge is 0.257 e. The van der Waals surface area contributed by atoms with Crippen molar-refractivity contribution in [3.05, 3.63) is 23.5 Å². The number of nitrogens with zero attached hydrogens (tertiary/aromatic N) is 1. The van der Waals surface area contributed by atoms with Gasteiger partial charge in [0.2, 0.25) is 0 Å². The number of hydrogen-bond acceptors (Lipinski definition) is 3. The molecule has 1 amide bonds. The fraction of sp³-hybridized carbons (Fsp3) is 0.455. The van der Waals surface area contributed by atoms with Gasteiger partial charge < -0.3 is 10.1 Å². The van der Waals surface area contributed by atoms with Crippen LogP contribution in [0, 0.1) is 0 Å². The maximum atomic E-state index is 11.3. The molecule has 5 heteroatoms. The zero-order valence-electron chi connectivity index (χ0n) is 9.20. The van der Waals surface area contributed by atoms with E-state index < -0.39 is 0 Å². The first-order chi connectivity index (χ1) is 7.72. The molecule has 4 nitrogen and oxygen atoms in total. The molecule has 1 rings (SSSR count). The van der Waals surface area contributed by atoms with Gasteiger partial charge >= 0.3 is 0 Å². The summed E-state index contributed by atoms with van der Waals surface area (Å²) >= 11 is 5.61. The van der Waals surface area contributed by atoms with E-state index in [0.717, 1.165) is 12.8 Å². The van der Waals surface area contributed by atoms with Gasteiger partial charge in [-0.25, -0.2) is 4.98 Å². The Kier molecular flexibility index (Phi) is 5.64. The molecule has 1 aromatic heterocycles. The van der Waals surface area contributed by atoms with Crippen molar-refractivity contribution < 1.29 is 9.53 Å². The van der Waals surface area contributed by atoms with E-state index in [1.165, 1.54) is 6.20 Å². The number of unbranched alkanes of at least 4 members (excludes halogenated alkanes) is 1. The fourth-order valence-corrected chi connectivity index (χ4v) is 1.16. The Morgan fingerprint density at radius 3 is 3.00 bits per heavy atom. The number of halogens is 1. The maximum absolute atomic E-state index is 11.3. The van der Waals surface area contributed by atoms with Crippen LogP contribution in [-0.4, -0.2) is 24.0 Å². The molecule has 0 aliphatic heterocycles. The zero-order chi connectivity index (χ0) is 11.8. The van der Waals surface area contributed by atoms with Crippen molar-refractivity contribution >= 4 is 17.5 Å². The second kappa shape index (κ2) is 7.06. The number of nitrogens with one attached hydrogen (secondary N) is 1. The Labute approximate surface area is 100.0 Å². The Morgan fingerprint density at radius 2 is 2.38 bits per heavy atom. The maximum Gasteiger partial charge on any atom is 0.257 e. The third-order valence-electron chi connectivity index (χ3n) is 1.92. The molecule has 0 saturated heterocycles. The van der Waals surface area contributed by atoms with E-state index >= 15 is 0 Å². The molecule has 16 heavy (non-hydrogen) atoms. The lowest BCUT2D eigenvalue weighted by molar-refractivity contribution is -0.123. The summed E-state index contributed by atoms with van der Waals surface area (Å²) in [7, 11) is 0. The van der Waals surface area contributed by atoms with Crippen LogP contribution in [0.4, 0.5) is 0 Å². The first kappa shape index (κ1) is 12.8. The van der Waals surface area contributed by atoms with Crippen molar-refractivity contribution in [1.29, 1.82) is 0 Å². The minimum Gasteiger partial charge on any atom is -0.482 e. The summed E-state index contributed by atoms with van der Waals surface area (Å²) in [4.78, 5) is 15.1. The summed E-state index contributed by atoms with van der Waals surface area (Å²) in [5.41, 5.74) is 0. The molecule has 0 unspecified atom stereocenters. The van der Waals surface area contributed by atoms with Gasteiger partial charge in [0.1, 0.15) is 10.9 Å². The third kappa shape index (κ3) is 4.98. The summed E-state index contributed by atoms with van der Waals surface area (Å²) in [5.74, 6) is 0.415. The molecule has 1 aromatic rings. The number of ether oxygens (including phenoxy) is 1. The second-order valence-corrected chi connectivity index (χ2v) is 3.70. The van der Waals surface area contributed by atoms with Crippen LogP contribution in [-0.2, 0) is 4.79 Å². The molecule has 1 N–H and O–H groups in total. The van der Waals surface area contributed by atoms with E-state index in [-0.39, 0.29) is 12.5 Å². The number of hydrogen-bond donors (Lipinski definition) is 1. The summed E-state index contributed by atoms with van der Waals surface area (Å²) in [6.45, 7) is 2.77. The van der Waals surface area contributed by atoms with Crippen LogP contribution in [0.5, 0.6) is 5.75 Å². The number of pyridine rings is 1. The summed E-state index contributed by atoms with van der Waals surface area (Å²) in [5, 5.41) is 3.16. The molecule has 88 valence electrons. The van der Waals surface area contributed by atoms with Crippen molar-refractivity contribution in [2.75, 3.05) is 13.2 Å². The number of rotatable bonds is 6. The molecule has 0 atom stereocenters. The minimum atomic E-state index is -0.122. The number of carbonyl (C=O) groups excluding carboxylic acids is 1. The van der Waals surface area contributed by atoms with Crippen molar-refractivity contribution in [2.45, 2.75) is 19.8 Å². The molecule has 0 bridgehead atoms. The molecule has 0 radical (unpaired) electrons. The van der Waals surface area contributed by atoms with Gasteiger partial charge in [-0.2, -0.15) is 0 Å². The van der Waals surface area contributed by atoms with Gasteiger partial charge in [-0.3, -0.25) is 4.79 Å². The van der Waals surface area contributed by atoms with Gasteiger partial charge in [0, 0.05) is 6.54 Å². The molecular weight excluding hydrogens is 228 g/mol. The highest BCUT2D eigenvalue weighted by atomic mass is 35.5. The van der Waals surface area contributed by atoms with E-state index in [0.29, 0.717) is 17.4 Å². The normalized spacial score (nSPS) is 9.88. The van der Waals surface area contributed by atoms with E-state index in [1.807, 2.05) is 0 Å². The lowest BCUT2D eigenvalue weighted by Crippen LogP contribution is -2.29. The van der Waals surface area contributed by atoms with Crippen LogP contribution < -0.4 is 10.1 Å². The molecule has 1 heterocycles. The minimum absolute atomic E-state index is 0.00697. The van der Waals surface area contributed by atoms with Crippen molar-refractivity contribution in [1.82, 2.24) is 10.3 Å². The average Bonchev–Trinajstić information content (AvgIpc) is 2.29. The Bertz CT molecular complexity index is 327. The molecule has 0 aliphatic carbocycles. The largest absolute Gasteiger partial charge is 0.482 e. The average molecular weight is 243 g/mol. The monoisotopic (exact) mass is 242 g/mol. The quantitative estimate of drug-likeness (QED) is 0.614. The highest BCUT2D eigenvalue weighted by Crippen LogP contribution is 2.11. The molecule has 0 aromatic carbocycles. The van der Waals surface area contributed by atoms with E-state index in [1.54, 1.807) is 12.1 Å². The van der Waals surface area contributed by atoms with E-state index in [2.05, 4.69) is 17.2 Å². The van der Waals surface area contributed by atoms with Gasteiger partial charge in [0.15, 0.2) is 6.61 Å². The van der Waals surface area contributed by atoms with Crippen LogP contribution >= 0.6 is 11.6 Å². The predicted molar refractivity (Wildman–Crippen MR) is 62.7 cm³/mol. The number of amides is 1. The van der Waals surface area contributed by atoms with Crippen LogP contribution in [0.15, 0.2) is 18.3 Å². The molecule has 0 spiro atoms. The van der Waals surface area contributed by atoms with Gasteiger partial charge in [0.05, 0.1) is 6.20 Å². The highest BCUT2D eigenvalue weighted by molar-refractivity contribution is 6.29. The first-order valence-corrected chi connectivity index (χ1v) is 5.61. The molecular formula is C11H15ClN2O2. The SMILES string of the molecule is CCCCNC(=O)COc1ccc(Cl)nc1. The molecule has 0 aliphatic rings. The number of aromatic nitrogens is 1. The third-order valence-corrected chi connectivity index (χ3v) is 2.15. The van der Waals surface area contributed by atoms with Gasteiger partial charge in [0.25, 0.3) is 5.91 Å². The highest BCUT2D eigenvalue weighted by Gasteiger charge is 2.01. The van der Waals surface area contributed by atoms with E-state index in [4.69, 9.17) is 16.3 Å². The first-order valence-electron chi connectivity index (χ1n) is 5.23. The predicted octanol–water partition coefficient (Wildman–Crippen LogP) is 2.03. The fourth-order valence-electron chi connectivity index (χ4n) is 1.05. The summed E-state index contributed by atoms with van der Waals surface area (Å²) in [6.07, 6.45) is 3.53. The van der Waals surface area contributed by atoms with Gasteiger partial charge in [-0.1, -0.05) is 24.9 Å². The van der Waals surface area contributed by atoms with E-state index in [9.17, 15) is 4.79 Å². The van der Waals surface area contributed by atoms with Crippen molar-refractivity contribution in [3.8, 4) is 5.75 Å². The Hall–Kier alpha value is -1.29. The topological polar surface area (TPSA) is 51.2 Å². The Balaban J connectivity index is 2.23. The summed E-state index contributed by atoms with van der Waals surface area (Å²) in [6, 6.07) is 3.29. The van der Waals surface area contributed by atoms with Gasteiger partial charge in [-0.05, 0) is 18.6 Å². The Morgan fingerprint density at radius 1 is 1.56 bits per heavy atom. The number of carbonyl (C=O) groups is 1. The van der Waals surface area contributed by atoms with Crippen molar-refractivity contribution in [3.63, 3.8) is 0 Å². The van der Waals surface area contributed by atoms with Crippen LogP contribution in [0.1, 0.15) is 19.8 Å².